The molecule has 1 unspecified atom stereocenters. The molecule has 1 atom stereocenters. The molecule has 0 aromatic carbocycles. The molecule has 1 saturated heterocycles. The molecule has 1 N–H and O–H groups in total. The molecular weight excluding hydrogens is 314 g/mol. The zero-order chi connectivity index (χ0) is 17.9. The predicted octanol–water partition coefficient (Wildman–Crippen LogP) is 3.04. The lowest BCUT2D eigenvalue weighted by Crippen LogP contribution is -2.41. The Labute approximate surface area is 149 Å². The molecule has 1 fully saturated rings. The number of carbonyl (C=O) groups excluding carboxylic acids is 1. The summed E-state index contributed by atoms with van der Waals surface area (Å²) in [6, 6.07) is 3.74. The smallest absolute Gasteiger partial charge is 0.255 e. The fourth-order valence-corrected chi connectivity index (χ4v) is 3.25. The molecule has 0 aliphatic carbocycles. The Morgan fingerprint density at radius 2 is 2.20 bits per heavy atom. The Hall–Kier alpha value is -2.37. The number of anilines is 1. The van der Waals surface area contributed by atoms with E-state index in [-0.39, 0.29) is 11.4 Å². The van der Waals surface area contributed by atoms with E-state index < -0.39 is 0 Å². The van der Waals surface area contributed by atoms with Gasteiger partial charge < -0.3 is 14.8 Å². The largest absolute Gasteiger partial charge is 0.365 e. The number of aromatic nitrogens is 3. The first-order valence-electron chi connectivity index (χ1n) is 8.90. The van der Waals surface area contributed by atoms with E-state index in [1.54, 1.807) is 12.4 Å². The zero-order valence-electron chi connectivity index (χ0n) is 15.3. The summed E-state index contributed by atoms with van der Waals surface area (Å²) in [7, 11) is 0. The number of rotatable bonds is 4. The molecule has 2 aromatic heterocycles. The lowest BCUT2D eigenvalue weighted by atomic mass is 9.97. The molecule has 1 aliphatic rings. The molecule has 3 rings (SSSR count). The number of hydrogen-bond acceptors (Lipinski definition) is 4. The number of amides is 1. The van der Waals surface area contributed by atoms with Gasteiger partial charge in [0.05, 0.1) is 11.9 Å². The van der Waals surface area contributed by atoms with E-state index >= 15 is 0 Å². The van der Waals surface area contributed by atoms with Crippen molar-refractivity contribution in [1.29, 1.82) is 0 Å². The first-order valence-corrected chi connectivity index (χ1v) is 8.90. The minimum Gasteiger partial charge on any atom is -0.365 e. The molecule has 134 valence electrons. The molecule has 25 heavy (non-hydrogen) atoms. The molecule has 0 spiro atoms. The van der Waals surface area contributed by atoms with E-state index in [0.29, 0.717) is 11.5 Å². The standard InChI is InChI=1S/C19H27N5O/c1-19(2,3)22-17-7-6-16(11-21-17)18(25)24-9-4-5-15(13-24)12-23-10-8-20-14-23/h6-8,10-11,14-15H,4-5,9,12-13H2,1-3H3,(H,21,22). The molecule has 0 radical (unpaired) electrons. The summed E-state index contributed by atoms with van der Waals surface area (Å²) < 4.78 is 2.09. The molecule has 3 heterocycles. The highest BCUT2D eigenvalue weighted by Gasteiger charge is 2.25. The normalized spacial score (nSPS) is 18.2. The second kappa shape index (κ2) is 7.25. The van der Waals surface area contributed by atoms with E-state index in [1.807, 2.05) is 29.6 Å². The first-order chi connectivity index (χ1) is 11.9. The fourth-order valence-electron chi connectivity index (χ4n) is 3.25. The van der Waals surface area contributed by atoms with Gasteiger partial charge in [0, 0.05) is 43.8 Å². The van der Waals surface area contributed by atoms with E-state index in [4.69, 9.17) is 0 Å². The average molecular weight is 341 g/mol. The SMILES string of the molecule is CC(C)(C)Nc1ccc(C(=O)N2CCCC(Cn3ccnc3)C2)cn1. The Bertz CT molecular complexity index is 688. The number of carbonyl (C=O) groups is 1. The van der Waals surface area contributed by atoms with Gasteiger partial charge in [-0.3, -0.25) is 4.79 Å². The summed E-state index contributed by atoms with van der Waals surface area (Å²) in [5, 5.41) is 3.31. The summed E-state index contributed by atoms with van der Waals surface area (Å²) in [6.07, 6.45) is 9.48. The van der Waals surface area contributed by atoms with Gasteiger partial charge >= 0.3 is 0 Å². The number of nitrogens with zero attached hydrogens (tertiary/aromatic N) is 4. The predicted molar refractivity (Wildman–Crippen MR) is 98.5 cm³/mol. The van der Waals surface area contributed by atoms with Crippen LogP contribution in [-0.4, -0.2) is 44.0 Å². The van der Waals surface area contributed by atoms with Crippen LogP contribution in [0.5, 0.6) is 0 Å². The van der Waals surface area contributed by atoms with Crippen LogP contribution in [0.25, 0.3) is 0 Å². The van der Waals surface area contributed by atoms with Crippen molar-refractivity contribution in [2.75, 3.05) is 18.4 Å². The van der Waals surface area contributed by atoms with Crippen molar-refractivity contribution < 1.29 is 4.79 Å². The van der Waals surface area contributed by atoms with Crippen LogP contribution < -0.4 is 5.32 Å². The van der Waals surface area contributed by atoms with Crippen LogP contribution in [0, 0.1) is 5.92 Å². The van der Waals surface area contributed by atoms with Crippen molar-refractivity contribution in [2.24, 2.45) is 5.92 Å². The Morgan fingerprint density at radius 3 is 2.84 bits per heavy atom. The monoisotopic (exact) mass is 341 g/mol. The van der Waals surface area contributed by atoms with E-state index in [0.717, 1.165) is 38.3 Å². The molecule has 1 aliphatic heterocycles. The molecule has 2 aromatic rings. The lowest BCUT2D eigenvalue weighted by molar-refractivity contribution is 0.0662. The van der Waals surface area contributed by atoms with Gasteiger partial charge in [-0.1, -0.05) is 0 Å². The van der Waals surface area contributed by atoms with Crippen molar-refractivity contribution in [1.82, 2.24) is 19.4 Å². The quantitative estimate of drug-likeness (QED) is 0.928. The van der Waals surface area contributed by atoms with Gasteiger partial charge in [-0.2, -0.15) is 0 Å². The van der Waals surface area contributed by atoms with E-state index in [2.05, 4.69) is 40.6 Å². The third kappa shape index (κ3) is 4.81. The minimum absolute atomic E-state index is 0.0497. The van der Waals surface area contributed by atoms with Crippen LogP contribution in [0.15, 0.2) is 37.1 Å². The summed E-state index contributed by atoms with van der Waals surface area (Å²) >= 11 is 0. The molecule has 1 amide bonds. The van der Waals surface area contributed by atoms with Crippen LogP contribution in [0.3, 0.4) is 0 Å². The van der Waals surface area contributed by atoms with Crippen LogP contribution >= 0.6 is 0 Å². The van der Waals surface area contributed by atoms with Crippen LogP contribution in [0.2, 0.25) is 0 Å². The number of hydrogen-bond donors (Lipinski definition) is 1. The summed E-state index contributed by atoms with van der Waals surface area (Å²) in [6.45, 7) is 8.78. The third-order valence-electron chi connectivity index (χ3n) is 4.35. The van der Waals surface area contributed by atoms with E-state index in [1.165, 1.54) is 0 Å². The van der Waals surface area contributed by atoms with Crippen LogP contribution in [-0.2, 0) is 6.54 Å². The van der Waals surface area contributed by atoms with Crippen molar-refractivity contribution >= 4 is 11.7 Å². The highest BCUT2D eigenvalue weighted by Crippen LogP contribution is 2.21. The number of pyridine rings is 1. The molecule has 0 saturated carbocycles. The third-order valence-corrected chi connectivity index (χ3v) is 4.35. The highest BCUT2D eigenvalue weighted by atomic mass is 16.2. The minimum atomic E-state index is -0.0497. The average Bonchev–Trinajstić information content (AvgIpc) is 3.07. The maximum absolute atomic E-state index is 12.8. The van der Waals surface area contributed by atoms with Crippen molar-refractivity contribution in [3.05, 3.63) is 42.6 Å². The summed E-state index contributed by atoms with van der Waals surface area (Å²) in [5.74, 6) is 1.34. The molecular formula is C19H27N5O. The maximum Gasteiger partial charge on any atom is 0.255 e. The molecule has 6 heteroatoms. The zero-order valence-corrected chi connectivity index (χ0v) is 15.3. The lowest BCUT2D eigenvalue weighted by Gasteiger charge is -2.33. The van der Waals surface area contributed by atoms with Gasteiger partial charge in [0.15, 0.2) is 0 Å². The van der Waals surface area contributed by atoms with Crippen LogP contribution in [0.4, 0.5) is 5.82 Å². The second-order valence-corrected chi connectivity index (χ2v) is 7.83. The topological polar surface area (TPSA) is 63.1 Å². The van der Waals surface area contributed by atoms with Crippen LogP contribution in [0.1, 0.15) is 44.0 Å². The molecule has 6 nitrogen and oxygen atoms in total. The number of imidazole rings is 1. The second-order valence-electron chi connectivity index (χ2n) is 7.83. The van der Waals surface area contributed by atoms with Gasteiger partial charge in [0.1, 0.15) is 5.82 Å². The Kier molecular flexibility index (Phi) is 5.06. The van der Waals surface area contributed by atoms with Gasteiger partial charge in [-0.15, -0.1) is 0 Å². The van der Waals surface area contributed by atoms with Gasteiger partial charge in [0.25, 0.3) is 5.91 Å². The molecule has 0 bridgehead atoms. The highest BCUT2D eigenvalue weighted by molar-refractivity contribution is 5.94. The van der Waals surface area contributed by atoms with E-state index in [9.17, 15) is 4.79 Å². The number of nitrogens with one attached hydrogen (secondary N) is 1. The Balaban J connectivity index is 1.61. The summed E-state index contributed by atoms with van der Waals surface area (Å²) in [5.41, 5.74) is 0.606. The fraction of sp³-hybridized carbons (Fsp3) is 0.526. The van der Waals surface area contributed by atoms with Gasteiger partial charge in [-0.25, -0.2) is 9.97 Å². The van der Waals surface area contributed by atoms with Gasteiger partial charge in [0.2, 0.25) is 0 Å². The number of piperidine rings is 1. The maximum atomic E-state index is 12.8. The van der Waals surface area contributed by atoms with Crippen molar-refractivity contribution in [3.8, 4) is 0 Å². The Morgan fingerprint density at radius 1 is 1.36 bits per heavy atom. The van der Waals surface area contributed by atoms with Crippen molar-refractivity contribution in [3.63, 3.8) is 0 Å². The first kappa shape index (κ1) is 17.5. The summed E-state index contributed by atoms with van der Waals surface area (Å²) in [4.78, 5) is 23.2. The number of likely N-dealkylation sites (tertiary alicyclic amines) is 1. The van der Waals surface area contributed by atoms with Gasteiger partial charge in [-0.05, 0) is 51.7 Å². The van der Waals surface area contributed by atoms with Crippen molar-refractivity contribution in [2.45, 2.75) is 45.7 Å².